The maximum Gasteiger partial charge on any atom is 0.269 e. The highest BCUT2D eigenvalue weighted by Crippen LogP contribution is 2.24. The third-order valence-electron chi connectivity index (χ3n) is 4.27. The van der Waals surface area contributed by atoms with Crippen LogP contribution < -0.4 is 4.72 Å². The van der Waals surface area contributed by atoms with Crippen LogP contribution in [0.5, 0.6) is 0 Å². The highest BCUT2D eigenvalue weighted by molar-refractivity contribution is 7.89. The van der Waals surface area contributed by atoms with E-state index >= 15 is 0 Å². The molecule has 0 fully saturated rings. The van der Waals surface area contributed by atoms with Gasteiger partial charge in [-0.1, -0.05) is 24.3 Å². The Labute approximate surface area is 163 Å². The smallest absolute Gasteiger partial charge is 0.269 e. The van der Waals surface area contributed by atoms with Crippen molar-refractivity contribution in [1.29, 1.82) is 0 Å². The van der Waals surface area contributed by atoms with Gasteiger partial charge in [0.1, 0.15) is 0 Å². The van der Waals surface area contributed by atoms with Crippen molar-refractivity contribution in [3.8, 4) is 0 Å². The van der Waals surface area contributed by atoms with Crippen molar-refractivity contribution in [2.45, 2.75) is 17.9 Å². The summed E-state index contributed by atoms with van der Waals surface area (Å²) in [6.07, 6.45) is 1.42. The Hall–Kier alpha value is -3.04. The standard InChI is InChI=1S/C19H21N3O5S/c1-4-11-20-28(26,27)18-10-6-8-16(13-18)19(23)21(3)14(2)15-7-5-9-17(12-15)22(24)25/h4-10,12-14,20H,1,11H2,2-3H3/t14-/m1/s1. The lowest BCUT2D eigenvalue weighted by molar-refractivity contribution is -0.384. The van der Waals surface area contributed by atoms with E-state index in [9.17, 15) is 23.3 Å². The van der Waals surface area contributed by atoms with Crippen molar-refractivity contribution in [2.75, 3.05) is 13.6 Å². The number of benzene rings is 2. The zero-order valence-corrected chi connectivity index (χ0v) is 16.3. The molecule has 2 aromatic carbocycles. The summed E-state index contributed by atoms with van der Waals surface area (Å²) >= 11 is 0. The lowest BCUT2D eigenvalue weighted by atomic mass is 10.1. The molecule has 1 N–H and O–H groups in total. The van der Waals surface area contributed by atoms with E-state index in [1.165, 1.54) is 47.4 Å². The number of non-ortho nitro benzene ring substituents is 1. The number of nitro benzene ring substituents is 1. The average Bonchev–Trinajstić information content (AvgIpc) is 2.70. The quantitative estimate of drug-likeness (QED) is 0.414. The van der Waals surface area contributed by atoms with Crippen LogP contribution in [0.25, 0.3) is 0 Å². The zero-order chi connectivity index (χ0) is 20.9. The van der Waals surface area contributed by atoms with Gasteiger partial charge in [0, 0.05) is 31.3 Å². The Morgan fingerprint density at radius 3 is 2.61 bits per heavy atom. The van der Waals surface area contributed by atoms with Gasteiger partial charge in [0.05, 0.1) is 15.9 Å². The number of rotatable bonds is 8. The van der Waals surface area contributed by atoms with Crippen LogP contribution in [-0.4, -0.2) is 37.7 Å². The van der Waals surface area contributed by atoms with Gasteiger partial charge < -0.3 is 4.90 Å². The highest BCUT2D eigenvalue weighted by Gasteiger charge is 2.22. The first-order valence-corrected chi connectivity index (χ1v) is 9.88. The van der Waals surface area contributed by atoms with Crippen molar-refractivity contribution in [3.05, 3.63) is 82.4 Å². The first-order chi connectivity index (χ1) is 13.2. The Kier molecular flexibility index (Phi) is 6.66. The van der Waals surface area contributed by atoms with Gasteiger partial charge in [-0.3, -0.25) is 14.9 Å². The van der Waals surface area contributed by atoms with Crippen molar-refractivity contribution in [1.82, 2.24) is 9.62 Å². The maximum atomic E-state index is 12.8. The number of hydrogen-bond donors (Lipinski definition) is 1. The number of carbonyl (C=O) groups excluding carboxylic acids is 1. The summed E-state index contributed by atoms with van der Waals surface area (Å²) < 4.78 is 26.8. The van der Waals surface area contributed by atoms with E-state index in [1.807, 2.05) is 0 Å². The van der Waals surface area contributed by atoms with Crippen molar-refractivity contribution < 1.29 is 18.1 Å². The Bertz CT molecular complexity index is 1000. The normalized spacial score (nSPS) is 12.2. The predicted octanol–water partition coefficient (Wildman–Crippen LogP) is 2.89. The molecule has 8 nitrogen and oxygen atoms in total. The van der Waals surface area contributed by atoms with E-state index in [1.54, 1.807) is 26.1 Å². The number of carbonyl (C=O) groups is 1. The van der Waals surface area contributed by atoms with E-state index in [-0.39, 0.29) is 22.7 Å². The van der Waals surface area contributed by atoms with Crippen LogP contribution in [0.4, 0.5) is 5.69 Å². The summed E-state index contributed by atoms with van der Waals surface area (Å²) in [6, 6.07) is 11.3. The highest BCUT2D eigenvalue weighted by atomic mass is 32.2. The van der Waals surface area contributed by atoms with Gasteiger partial charge in [0.15, 0.2) is 0 Å². The van der Waals surface area contributed by atoms with E-state index in [2.05, 4.69) is 11.3 Å². The second-order valence-electron chi connectivity index (χ2n) is 6.11. The number of nitrogens with one attached hydrogen (secondary N) is 1. The van der Waals surface area contributed by atoms with Crippen LogP contribution in [-0.2, 0) is 10.0 Å². The minimum atomic E-state index is -3.76. The monoisotopic (exact) mass is 403 g/mol. The molecule has 148 valence electrons. The second-order valence-corrected chi connectivity index (χ2v) is 7.88. The molecule has 2 rings (SSSR count). The van der Waals surface area contributed by atoms with Gasteiger partial charge in [-0.25, -0.2) is 13.1 Å². The fraction of sp³-hybridized carbons (Fsp3) is 0.211. The third kappa shape index (κ3) is 4.81. The molecule has 0 unspecified atom stereocenters. The van der Waals surface area contributed by atoms with Crippen molar-refractivity contribution in [3.63, 3.8) is 0 Å². The molecule has 0 aliphatic rings. The van der Waals surface area contributed by atoms with Crippen LogP contribution in [0.1, 0.15) is 28.9 Å². The summed E-state index contributed by atoms with van der Waals surface area (Å²) in [5.41, 5.74) is 0.731. The summed E-state index contributed by atoms with van der Waals surface area (Å²) in [5, 5.41) is 11.0. The van der Waals surface area contributed by atoms with Crippen LogP contribution in [0.2, 0.25) is 0 Å². The molecule has 0 radical (unpaired) electrons. The summed E-state index contributed by atoms with van der Waals surface area (Å²) in [6.45, 7) is 5.27. The van der Waals surface area contributed by atoms with Gasteiger partial charge in [0.25, 0.3) is 11.6 Å². The third-order valence-corrected chi connectivity index (χ3v) is 5.69. The van der Waals surface area contributed by atoms with Gasteiger partial charge in [-0.15, -0.1) is 6.58 Å². The van der Waals surface area contributed by atoms with Gasteiger partial charge in [-0.2, -0.15) is 0 Å². The molecule has 0 saturated heterocycles. The summed E-state index contributed by atoms with van der Waals surface area (Å²) in [5.74, 6) is -0.403. The number of nitrogens with zero attached hydrogens (tertiary/aromatic N) is 2. The van der Waals surface area contributed by atoms with E-state index in [0.29, 0.717) is 5.56 Å². The molecule has 0 saturated carbocycles. The van der Waals surface area contributed by atoms with Gasteiger partial charge in [0.2, 0.25) is 10.0 Å². The van der Waals surface area contributed by atoms with E-state index in [4.69, 9.17) is 0 Å². The van der Waals surface area contributed by atoms with Gasteiger partial charge in [-0.05, 0) is 30.7 Å². The second kappa shape index (κ2) is 8.77. The molecule has 1 atom stereocenters. The number of sulfonamides is 1. The van der Waals surface area contributed by atoms with Crippen LogP contribution in [0.15, 0.2) is 66.1 Å². The van der Waals surface area contributed by atoms with Crippen LogP contribution >= 0.6 is 0 Å². The molecular formula is C19H21N3O5S. The number of amides is 1. The average molecular weight is 403 g/mol. The Morgan fingerprint density at radius 1 is 1.29 bits per heavy atom. The molecule has 28 heavy (non-hydrogen) atoms. The van der Waals surface area contributed by atoms with E-state index < -0.39 is 26.9 Å². The molecule has 1 amide bonds. The number of nitro groups is 1. The molecule has 0 aliphatic carbocycles. The molecule has 2 aromatic rings. The minimum Gasteiger partial charge on any atom is -0.335 e. The first-order valence-electron chi connectivity index (χ1n) is 8.39. The largest absolute Gasteiger partial charge is 0.335 e. The van der Waals surface area contributed by atoms with Crippen LogP contribution in [0.3, 0.4) is 0 Å². The fourth-order valence-electron chi connectivity index (χ4n) is 2.55. The molecule has 0 spiro atoms. The zero-order valence-electron chi connectivity index (χ0n) is 15.5. The lowest BCUT2D eigenvalue weighted by Gasteiger charge is -2.25. The molecule has 0 bridgehead atoms. The predicted molar refractivity (Wildman–Crippen MR) is 105 cm³/mol. The van der Waals surface area contributed by atoms with Crippen LogP contribution in [0, 0.1) is 10.1 Å². The van der Waals surface area contributed by atoms with Crippen molar-refractivity contribution in [2.24, 2.45) is 0 Å². The first kappa shape index (κ1) is 21.3. The molecular weight excluding hydrogens is 382 g/mol. The molecule has 0 aromatic heterocycles. The minimum absolute atomic E-state index is 0.0309. The molecule has 0 aliphatic heterocycles. The molecule has 9 heteroatoms. The number of hydrogen-bond acceptors (Lipinski definition) is 5. The lowest BCUT2D eigenvalue weighted by Crippen LogP contribution is -2.30. The SMILES string of the molecule is C=CCNS(=O)(=O)c1cccc(C(=O)N(C)[C@H](C)c2cccc([N+](=O)[O-])c2)c1. The summed E-state index contributed by atoms with van der Waals surface area (Å²) in [7, 11) is -2.20. The maximum absolute atomic E-state index is 12.8. The Morgan fingerprint density at radius 2 is 1.96 bits per heavy atom. The van der Waals surface area contributed by atoms with Gasteiger partial charge >= 0.3 is 0 Å². The topological polar surface area (TPSA) is 110 Å². The van der Waals surface area contributed by atoms with Crippen molar-refractivity contribution >= 4 is 21.6 Å². The fourth-order valence-corrected chi connectivity index (χ4v) is 3.59. The Balaban J connectivity index is 2.28. The summed E-state index contributed by atoms with van der Waals surface area (Å²) in [4.78, 5) is 24.7. The van der Waals surface area contributed by atoms with E-state index in [0.717, 1.165) is 0 Å². The molecule has 0 heterocycles.